The molecule has 0 aliphatic heterocycles. The fourth-order valence-electron chi connectivity index (χ4n) is 2.50. The summed E-state index contributed by atoms with van der Waals surface area (Å²) in [4.78, 5) is 4.91. The summed E-state index contributed by atoms with van der Waals surface area (Å²) in [6, 6.07) is 9.13. The van der Waals surface area contributed by atoms with E-state index in [1.807, 2.05) is 25.1 Å². The summed E-state index contributed by atoms with van der Waals surface area (Å²) in [6.45, 7) is 5.76. The molecule has 2 N–H and O–H groups in total. The van der Waals surface area contributed by atoms with Crippen LogP contribution in [-0.4, -0.2) is 33.7 Å². The Bertz CT molecular complexity index is 812. The largest absolute Gasteiger partial charge is 0.469 e. The van der Waals surface area contributed by atoms with Gasteiger partial charge in [-0.2, -0.15) is 0 Å². The molecule has 0 saturated carbocycles. The van der Waals surface area contributed by atoms with Crippen molar-refractivity contribution in [2.45, 2.75) is 31.7 Å². The molecule has 1 aromatic heterocycles. The summed E-state index contributed by atoms with van der Waals surface area (Å²) in [6.07, 6.45) is 3.66. The normalized spacial score (nSPS) is 12.2. The maximum atomic E-state index is 11.7. The fourth-order valence-corrected chi connectivity index (χ4v) is 3.46. The van der Waals surface area contributed by atoms with Crippen molar-refractivity contribution in [1.82, 2.24) is 10.6 Å². The number of rotatable bonds is 7. The molecule has 0 radical (unpaired) electrons. The number of aliphatic imine (C=N–C) groups is 1. The van der Waals surface area contributed by atoms with Gasteiger partial charge in [0.2, 0.25) is 0 Å². The second-order valence-corrected chi connectivity index (χ2v) is 7.81. The summed E-state index contributed by atoms with van der Waals surface area (Å²) in [7, 11) is -3.19. The molecule has 1 aromatic carbocycles. The Morgan fingerprint density at radius 1 is 1.24 bits per heavy atom. The van der Waals surface area contributed by atoms with Gasteiger partial charge in [-0.3, -0.25) is 0 Å². The van der Waals surface area contributed by atoms with Crippen molar-refractivity contribution >= 4 is 15.8 Å². The van der Waals surface area contributed by atoms with Crippen LogP contribution in [0, 0.1) is 6.92 Å². The van der Waals surface area contributed by atoms with E-state index < -0.39 is 9.84 Å². The molecule has 2 aromatic rings. The van der Waals surface area contributed by atoms with Crippen LogP contribution >= 0.6 is 0 Å². The number of hydrogen-bond donors (Lipinski definition) is 2. The van der Waals surface area contributed by atoms with Crippen LogP contribution in [0.1, 0.15) is 23.8 Å². The van der Waals surface area contributed by atoms with Crippen molar-refractivity contribution in [2.24, 2.45) is 4.99 Å². The molecule has 6 nitrogen and oxygen atoms in total. The lowest BCUT2D eigenvalue weighted by molar-refractivity contribution is 0.507. The highest BCUT2D eigenvalue weighted by atomic mass is 32.2. The van der Waals surface area contributed by atoms with Gasteiger partial charge < -0.3 is 15.1 Å². The lowest BCUT2D eigenvalue weighted by Crippen LogP contribution is -2.38. The van der Waals surface area contributed by atoms with E-state index in [0.29, 0.717) is 18.0 Å². The lowest BCUT2D eigenvalue weighted by atomic mass is 10.1. The van der Waals surface area contributed by atoms with Gasteiger partial charge in [0.15, 0.2) is 15.8 Å². The lowest BCUT2D eigenvalue weighted by Gasteiger charge is -2.11. The van der Waals surface area contributed by atoms with Gasteiger partial charge in [-0.15, -0.1) is 0 Å². The third-order valence-electron chi connectivity index (χ3n) is 3.65. The Balaban J connectivity index is 1.99. The highest BCUT2D eigenvalue weighted by Gasteiger charge is 2.10. The Morgan fingerprint density at radius 3 is 2.64 bits per heavy atom. The van der Waals surface area contributed by atoms with Crippen LogP contribution in [0.25, 0.3) is 0 Å². The average molecular weight is 363 g/mol. The molecule has 25 heavy (non-hydrogen) atoms. The first-order valence-electron chi connectivity index (χ1n) is 8.24. The average Bonchev–Trinajstić information content (AvgIpc) is 3.04. The van der Waals surface area contributed by atoms with Gasteiger partial charge in [-0.1, -0.05) is 12.1 Å². The summed E-state index contributed by atoms with van der Waals surface area (Å²) in [5.41, 5.74) is 1.71. The minimum atomic E-state index is -3.19. The highest BCUT2D eigenvalue weighted by molar-refractivity contribution is 7.90. The molecule has 2 rings (SSSR count). The monoisotopic (exact) mass is 363 g/mol. The van der Waals surface area contributed by atoms with Crippen molar-refractivity contribution in [3.8, 4) is 0 Å². The number of aryl methyl sites for hydroxylation is 1. The van der Waals surface area contributed by atoms with Gasteiger partial charge in [0.1, 0.15) is 5.76 Å². The number of nitrogens with zero attached hydrogens (tertiary/aromatic N) is 1. The van der Waals surface area contributed by atoms with Gasteiger partial charge in [0.25, 0.3) is 0 Å². The van der Waals surface area contributed by atoms with Crippen molar-refractivity contribution in [2.75, 3.05) is 19.3 Å². The van der Waals surface area contributed by atoms with E-state index in [1.165, 1.54) is 6.26 Å². The molecule has 0 amide bonds. The third kappa shape index (κ3) is 5.94. The van der Waals surface area contributed by atoms with E-state index in [2.05, 4.69) is 15.6 Å². The van der Waals surface area contributed by atoms with Gasteiger partial charge in [0, 0.05) is 25.8 Å². The number of furan rings is 1. The molecule has 0 aliphatic rings. The standard InChI is InChI=1S/C18H25N3O3S/c1-4-19-18(20-10-9-16-6-5-11-24-16)21-13-15-7-8-17(14(2)12-15)25(3,22)23/h5-8,11-12H,4,9-10,13H2,1-3H3,(H2,19,20,21). The predicted molar refractivity (Wildman–Crippen MR) is 99.5 cm³/mol. The summed E-state index contributed by atoms with van der Waals surface area (Å²) >= 11 is 0. The number of hydrogen-bond acceptors (Lipinski definition) is 4. The molecule has 0 atom stereocenters. The highest BCUT2D eigenvalue weighted by Crippen LogP contribution is 2.17. The molecule has 0 bridgehead atoms. The molecule has 0 spiro atoms. The maximum Gasteiger partial charge on any atom is 0.191 e. The summed E-state index contributed by atoms with van der Waals surface area (Å²) < 4.78 is 28.7. The van der Waals surface area contributed by atoms with Crippen molar-refractivity contribution in [3.05, 3.63) is 53.5 Å². The smallest absolute Gasteiger partial charge is 0.191 e. The first kappa shape index (κ1) is 19.1. The number of guanidine groups is 1. The van der Waals surface area contributed by atoms with Crippen molar-refractivity contribution in [1.29, 1.82) is 0 Å². The topological polar surface area (TPSA) is 83.7 Å². The third-order valence-corrected chi connectivity index (χ3v) is 4.90. The predicted octanol–water partition coefficient (Wildman–Crippen LogP) is 2.29. The molecular formula is C18H25N3O3S. The Morgan fingerprint density at radius 2 is 2.04 bits per heavy atom. The maximum absolute atomic E-state index is 11.7. The van der Waals surface area contributed by atoms with E-state index in [4.69, 9.17) is 4.42 Å². The fraction of sp³-hybridized carbons (Fsp3) is 0.389. The Hall–Kier alpha value is -2.28. The van der Waals surface area contributed by atoms with E-state index in [-0.39, 0.29) is 0 Å². The van der Waals surface area contributed by atoms with Crippen LogP contribution in [0.3, 0.4) is 0 Å². The number of benzene rings is 1. The SMILES string of the molecule is CCNC(=NCc1ccc(S(C)(=O)=O)c(C)c1)NCCc1ccco1. The molecule has 0 saturated heterocycles. The molecule has 136 valence electrons. The minimum absolute atomic E-state index is 0.365. The van der Waals surface area contributed by atoms with Gasteiger partial charge >= 0.3 is 0 Å². The molecule has 7 heteroatoms. The molecule has 0 fully saturated rings. The van der Waals surface area contributed by atoms with E-state index in [9.17, 15) is 8.42 Å². The molecule has 1 heterocycles. The summed E-state index contributed by atoms with van der Waals surface area (Å²) in [5.74, 6) is 1.65. The zero-order valence-electron chi connectivity index (χ0n) is 14.9. The Kier molecular flexibility index (Phi) is 6.64. The second-order valence-electron chi connectivity index (χ2n) is 5.82. The van der Waals surface area contributed by atoms with Crippen molar-refractivity contribution < 1.29 is 12.8 Å². The number of sulfone groups is 1. The van der Waals surface area contributed by atoms with Crippen LogP contribution in [-0.2, 0) is 22.8 Å². The van der Waals surface area contributed by atoms with Crippen LogP contribution in [0.4, 0.5) is 0 Å². The second kappa shape index (κ2) is 8.71. The summed E-state index contributed by atoms with van der Waals surface area (Å²) in [5, 5.41) is 6.46. The van der Waals surface area contributed by atoms with Crippen molar-refractivity contribution in [3.63, 3.8) is 0 Å². The Labute approximate surface area is 149 Å². The zero-order chi connectivity index (χ0) is 18.3. The van der Waals surface area contributed by atoms with E-state index in [1.54, 1.807) is 25.3 Å². The van der Waals surface area contributed by atoms with Gasteiger partial charge in [-0.25, -0.2) is 13.4 Å². The van der Waals surface area contributed by atoms with Crippen LogP contribution in [0.5, 0.6) is 0 Å². The van der Waals surface area contributed by atoms with Gasteiger partial charge in [-0.05, 0) is 43.2 Å². The van der Waals surface area contributed by atoms with Gasteiger partial charge in [0.05, 0.1) is 17.7 Å². The van der Waals surface area contributed by atoms with Crippen LogP contribution in [0.15, 0.2) is 50.9 Å². The van der Waals surface area contributed by atoms with Crippen LogP contribution < -0.4 is 10.6 Å². The molecule has 0 aliphatic carbocycles. The first-order chi connectivity index (χ1) is 11.9. The molecule has 0 unspecified atom stereocenters. The van der Waals surface area contributed by atoms with E-state index in [0.717, 1.165) is 35.8 Å². The molecular weight excluding hydrogens is 338 g/mol. The first-order valence-corrected chi connectivity index (χ1v) is 10.1. The van der Waals surface area contributed by atoms with E-state index >= 15 is 0 Å². The minimum Gasteiger partial charge on any atom is -0.469 e. The number of nitrogens with one attached hydrogen (secondary N) is 2. The quantitative estimate of drug-likeness (QED) is 0.582. The zero-order valence-corrected chi connectivity index (χ0v) is 15.7. The van der Waals surface area contributed by atoms with Crippen LogP contribution in [0.2, 0.25) is 0 Å².